The number of halogens is 1. The number of hydrazine groups is 1. The zero-order valence-electron chi connectivity index (χ0n) is 16.8. The Hall–Kier alpha value is -3.59. The molecule has 0 spiro atoms. The minimum atomic E-state index is -0.388. The van der Waals surface area contributed by atoms with Gasteiger partial charge in [-0.25, -0.2) is 19.8 Å². The van der Waals surface area contributed by atoms with Crippen LogP contribution in [-0.2, 0) is 0 Å². The lowest BCUT2D eigenvalue weighted by Crippen LogP contribution is -2.29. The number of rotatable bonds is 3. The van der Waals surface area contributed by atoms with Gasteiger partial charge in [-0.15, -0.1) is 0 Å². The predicted molar refractivity (Wildman–Crippen MR) is 116 cm³/mol. The summed E-state index contributed by atoms with van der Waals surface area (Å²) in [6.07, 6.45) is 10.0. The largest absolute Gasteiger partial charge is 0.370 e. The Morgan fingerprint density at radius 3 is 2.81 bits per heavy atom. The highest BCUT2D eigenvalue weighted by Crippen LogP contribution is 2.35. The zero-order chi connectivity index (χ0) is 20.8. The number of hydrogen-bond acceptors (Lipinski definition) is 7. The Kier molecular flexibility index (Phi) is 4.27. The molecule has 3 N–H and O–H groups in total. The molecule has 1 saturated heterocycles. The molecule has 0 aromatic carbocycles. The highest BCUT2D eigenvalue weighted by molar-refractivity contribution is 5.86. The lowest BCUT2D eigenvalue weighted by Gasteiger charge is -2.28. The van der Waals surface area contributed by atoms with Crippen LogP contribution in [0.1, 0.15) is 36.7 Å². The number of anilines is 2. The summed E-state index contributed by atoms with van der Waals surface area (Å²) in [5, 5.41) is 0. The van der Waals surface area contributed by atoms with E-state index in [-0.39, 0.29) is 11.9 Å². The fourth-order valence-corrected chi connectivity index (χ4v) is 4.42. The Morgan fingerprint density at radius 2 is 1.94 bits per heavy atom. The van der Waals surface area contributed by atoms with Crippen LogP contribution in [0.25, 0.3) is 22.4 Å². The Bertz CT molecular complexity index is 1260. The number of aromatic nitrogens is 5. The topological polar surface area (TPSA) is 94.7 Å². The Morgan fingerprint density at radius 1 is 1.03 bits per heavy atom. The van der Waals surface area contributed by atoms with E-state index in [1.807, 2.05) is 12.3 Å². The second-order valence-electron chi connectivity index (χ2n) is 7.95. The molecule has 0 amide bonds. The van der Waals surface area contributed by atoms with Crippen LogP contribution >= 0.6 is 0 Å². The van der Waals surface area contributed by atoms with Crippen molar-refractivity contribution in [2.75, 3.05) is 23.4 Å². The molecule has 1 atom stereocenters. The average Bonchev–Trinajstić information content (AvgIpc) is 3.43. The molecule has 1 unspecified atom stereocenters. The number of aromatic amines is 1. The van der Waals surface area contributed by atoms with Crippen LogP contribution in [0, 0.1) is 5.82 Å². The van der Waals surface area contributed by atoms with E-state index in [0.29, 0.717) is 16.9 Å². The van der Waals surface area contributed by atoms with Crippen LogP contribution in [0.3, 0.4) is 0 Å². The normalized spacial score (nSPS) is 18.2. The second kappa shape index (κ2) is 7.28. The van der Waals surface area contributed by atoms with Crippen LogP contribution in [0.15, 0.2) is 43.0 Å². The molecule has 1 fully saturated rings. The molecule has 31 heavy (non-hydrogen) atoms. The van der Waals surface area contributed by atoms with Crippen molar-refractivity contribution in [3.63, 3.8) is 0 Å². The third kappa shape index (κ3) is 3.17. The van der Waals surface area contributed by atoms with E-state index < -0.39 is 0 Å². The Labute approximate surface area is 177 Å². The van der Waals surface area contributed by atoms with Crippen molar-refractivity contribution in [3.8, 4) is 11.3 Å². The first kappa shape index (κ1) is 18.2. The van der Waals surface area contributed by atoms with Crippen molar-refractivity contribution in [2.45, 2.75) is 25.3 Å². The molecule has 0 saturated carbocycles. The van der Waals surface area contributed by atoms with Gasteiger partial charge in [0, 0.05) is 36.6 Å². The van der Waals surface area contributed by atoms with Gasteiger partial charge >= 0.3 is 0 Å². The number of hydrogen-bond donors (Lipinski definition) is 3. The quantitative estimate of drug-likeness (QED) is 0.470. The Balaban J connectivity index is 1.39. The molecule has 2 aliphatic heterocycles. The SMILES string of the molecule is Fc1cncc(-c2cc3c(cn2)NNC3c2nc3nccc(N4CCCCC4)c3[nH]2)c1. The zero-order valence-corrected chi connectivity index (χ0v) is 16.8. The predicted octanol–water partition coefficient (Wildman–Crippen LogP) is 3.56. The van der Waals surface area contributed by atoms with Gasteiger partial charge in [0.25, 0.3) is 0 Å². The van der Waals surface area contributed by atoms with Gasteiger partial charge in [0.2, 0.25) is 0 Å². The van der Waals surface area contributed by atoms with E-state index in [4.69, 9.17) is 4.98 Å². The van der Waals surface area contributed by atoms with Crippen LogP contribution in [-0.4, -0.2) is 38.0 Å². The summed E-state index contributed by atoms with van der Waals surface area (Å²) in [7, 11) is 0. The molecular formula is C22H21FN8. The molecule has 9 heteroatoms. The molecular weight excluding hydrogens is 395 g/mol. The van der Waals surface area contributed by atoms with Gasteiger partial charge in [-0.05, 0) is 37.5 Å². The molecule has 0 bridgehead atoms. The minimum absolute atomic E-state index is 0.207. The number of nitrogens with one attached hydrogen (secondary N) is 3. The lowest BCUT2D eigenvalue weighted by atomic mass is 10.0. The van der Waals surface area contributed by atoms with Gasteiger partial charge in [-0.1, -0.05) is 0 Å². The van der Waals surface area contributed by atoms with Gasteiger partial charge in [-0.3, -0.25) is 9.97 Å². The summed E-state index contributed by atoms with van der Waals surface area (Å²) in [5.41, 5.74) is 12.4. The summed E-state index contributed by atoms with van der Waals surface area (Å²) in [6.45, 7) is 2.10. The van der Waals surface area contributed by atoms with Gasteiger partial charge in [0.15, 0.2) is 5.65 Å². The standard InChI is InChI=1S/C22H21FN8/c23-14-8-13(10-24-11-14)16-9-15-17(12-26-16)29-30-19(15)22-27-20-18(4-5-25-21(20)28-22)31-6-2-1-3-7-31/h4-5,8-12,19,29-30H,1-3,6-7H2,(H,25,27,28). The number of H-pyrrole nitrogens is 1. The summed E-state index contributed by atoms with van der Waals surface area (Å²) in [6, 6.07) is 5.22. The summed E-state index contributed by atoms with van der Waals surface area (Å²) in [4.78, 5) is 23.6. The fourth-order valence-electron chi connectivity index (χ4n) is 4.42. The molecule has 2 aliphatic rings. The third-order valence-corrected chi connectivity index (χ3v) is 5.96. The van der Waals surface area contributed by atoms with Crippen molar-refractivity contribution in [3.05, 3.63) is 60.2 Å². The minimum Gasteiger partial charge on any atom is -0.370 e. The van der Waals surface area contributed by atoms with Crippen molar-refractivity contribution in [2.24, 2.45) is 0 Å². The summed E-state index contributed by atoms with van der Waals surface area (Å²) < 4.78 is 13.6. The van der Waals surface area contributed by atoms with Crippen molar-refractivity contribution in [1.82, 2.24) is 30.3 Å². The monoisotopic (exact) mass is 416 g/mol. The van der Waals surface area contributed by atoms with Gasteiger partial charge in [0.05, 0.1) is 29.5 Å². The molecule has 156 valence electrons. The number of nitrogens with zero attached hydrogens (tertiary/aromatic N) is 5. The van der Waals surface area contributed by atoms with Gasteiger partial charge < -0.3 is 15.3 Å². The molecule has 0 radical (unpaired) electrons. The average molecular weight is 416 g/mol. The van der Waals surface area contributed by atoms with Crippen molar-refractivity contribution < 1.29 is 4.39 Å². The number of pyridine rings is 3. The van der Waals surface area contributed by atoms with Crippen molar-refractivity contribution in [1.29, 1.82) is 0 Å². The first-order valence-corrected chi connectivity index (χ1v) is 10.5. The first-order valence-electron chi connectivity index (χ1n) is 10.5. The molecule has 4 aromatic heterocycles. The van der Waals surface area contributed by atoms with E-state index in [9.17, 15) is 4.39 Å². The molecule has 6 rings (SSSR count). The lowest BCUT2D eigenvalue weighted by molar-refractivity contribution is 0.578. The van der Waals surface area contributed by atoms with E-state index >= 15 is 0 Å². The number of imidazole rings is 1. The first-order chi connectivity index (χ1) is 15.3. The maximum atomic E-state index is 13.6. The second-order valence-corrected chi connectivity index (χ2v) is 7.95. The fraction of sp³-hybridized carbons (Fsp3) is 0.273. The van der Waals surface area contributed by atoms with E-state index in [1.54, 1.807) is 12.4 Å². The van der Waals surface area contributed by atoms with Crippen LogP contribution in [0.2, 0.25) is 0 Å². The molecule has 8 nitrogen and oxygen atoms in total. The van der Waals surface area contributed by atoms with E-state index in [2.05, 4.69) is 41.8 Å². The molecule has 6 heterocycles. The molecule has 4 aromatic rings. The van der Waals surface area contributed by atoms with E-state index in [1.165, 1.54) is 31.5 Å². The third-order valence-electron chi connectivity index (χ3n) is 5.96. The smallest absolute Gasteiger partial charge is 0.179 e. The summed E-state index contributed by atoms with van der Waals surface area (Å²) in [5.74, 6) is 0.383. The maximum Gasteiger partial charge on any atom is 0.179 e. The highest BCUT2D eigenvalue weighted by atomic mass is 19.1. The number of fused-ring (bicyclic) bond motifs is 2. The number of piperidine rings is 1. The summed E-state index contributed by atoms with van der Waals surface area (Å²) >= 11 is 0. The van der Waals surface area contributed by atoms with Crippen LogP contribution in [0.5, 0.6) is 0 Å². The van der Waals surface area contributed by atoms with Crippen LogP contribution < -0.4 is 15.8 Å². The van der Waals surface area contributed by atoms with Gasteiger partial charge in [-0.2, -0.15) is 0 Å². The van der Waals surface area contributed by atoms with E-state index in [0.717, 1.165) is 41.4 Å². The molecule has 0 aliphatic carbocycles. The van der Waals surface area contributed by atoms with Gasteiger partial charge in [0.1, 0.15) is 23.2 Å². The maximum absolute atomic E-state index is 13.6. The highest BCUT2D eigenvalue weighted by Gasteiger charge is 2.28. The van der Waals surface area contributed by atoms with Crippen molar-refractivity contribution >= 4 is 22.5 Å². The van der Waals surface area contributed by atoms with Crippen LogP contribution in [0.4, 0.5) is 15.8 Å².